The Bertz CT molecular complexity index is 535. The summed E-state index contributed by atoms with van der Waals surface area (Å²) in [7, 11) is 3.51. The number of carbonyl (C=O) groups is 1. The molecule has 4 heteroatoms. The van der Waals surface area contributed by atoms with Crippen LogP contribution in [0.4, 0.5) is 0 Å². The van der Waals surface area contributed by atoms with E-state index < -0.39 is 0 Å². The van der Waals surface area contributed by atoms with Gasteiger partial charge in [-0.25, -0.2) is 0 Å². The Balaban J connectivity index is 2.23. The summed E-state index contributed by atoms with van der Waals surface area (Å²) in [4.78, 5) is 13.6. The van der Waals surface area contributed by atoms with Crippen molar-refractivity contribution >= 4 is 5.91 Å². The fraction of sp³-hybridized carbons (Fsp3) is 0.312. The number of nitrogens with one attached hydrogen (secondary N) is 1. The molecule has 2 rings (SSSR count). The molecular formula is C16H20N2O2. The molecule has 1 heterocycles. The standard InChI is InChI=1S/C16H20N2O2/c1-12(16(19)18(2)3)17-15(14-10-7-11-20-14)13-8-5-4-6-9-13/h4-12,15,17H,1-3H3. The van der Waals surface area contributed by atoms with Crippen molar-refractivity contribution in [3.8, 4) is 0 Å². The summed E-state index contributed by atoms with van der Waals surface area (Å²) in [5, 5.41) is 3.33. The lowest BCUT2D eigenvalue weighted by Gasteiger charge is -2.24. The molecule has 0 aliphatic heterocycles. The smallest absolute Gasteiger partial charge is 0.238 e. The van der Waals surface area contributed by atoms with Crippen molar-refractivity contribution in [3.05, 3.63) is 60.1 Å². The number of likely N-dealkylation sites (N-methyl/N-ethyl adjacent to an activating group) is 1. The van der Waals surface area contributed by atoms with Gasteiger partial charge >= 0.3 is 0 Å². The average molecular weight is 272 g/mol. The first kappa shape index (κ1) is 14.3. The third kappa shape index (κ3) is 3.27. The summed E-state index contributed by atoms with van der Waals surface area (Å²) in [6.45, 7) is 1.86. The van der Waals surface area contributed by atoms with E-state index in [1.165, 1.54) is 0 Å². The van der Waals surface area contributed by atoms with Gasteiger partial charge in [0.05, 0.1) is 18.3 Å². The fourth-order valence-electron chi connectivity index (χ4n) is 2.15. The lowest BCUT2D eigenvalue weighted by Crippen LogP contribution is -2.43. The van der Waals surface area contributed by atoms with E-state index in [1.54, 1.807) is 25.3 Å². The predicted molar refractivity (Wildman–Crippen MR) is 78.3 cm³/mol. The molecule has 2 unspecified atom stereocenters. The van der Waals surface area contributed by atoms with Gasteiger partial charge in [-0.3, -0.25) is 10.1 Å². The van der Waals surface area contributed by atoms with Crippen LogP contribution in [0.1, 0.15) is 24.3 Å². The van der Waals surface area contributed by atoms with Gasteiger partial charge in [-0.05, 0) is 24.6 Å². The van der Waals surface area contributed by atoms with E-state index in [1.807, 2.05) is 49.4 Å². The minimum Gasteiger partial charge on any atom is -0.467 e. The van der Waals surface area contributed by atoms with Crippen LogP contribution in [-0.2, 0) is 4.79 Å². The van der Waals surface area contributed by atoms with Gasteiger partial charge in [-0.1, -0.05) is 30.3 Å². The number of benzene rings is 1. The highest BCUT2D eigenvalue weighted by molar-refractivity contribution is 5.81. The van der Waals surface area contributed by atoms with Gasteiger partial charge < -0.3 is 9.32 Å². The molecule has 1 aromatic carbocycles. The maximum absolute atomic E-state index is 12.0. The Hall–Kier alpha value is -2.07. The van der Waals surface area contributed by atoms with Crippen molar-refractivity contribution < 1.29 is 9.21 Å². The minimum absolute atomic E-state index is 0.0393. The number of hydrogen-bond acceptors (Lipinski definition) is 3. The molecule has 2 aromatic rings. The van der Waals surface area contributed by atoms with Crippen LogP contribution in [0.2, 0.25) is 0 Å². The van der Waals surface area contributed by atoms with E-state index >= 15 is 0 Å². The number of hydrogen-bond donors (Lipinski definition) is 1. The Morgan fingerprint density at radius 2 is 1.85 bits per heavy atom. The van der Waals surface area contributed by atoms with Gasteiger partial charge in [0.25, 0.3) is 0 Å². The topological polar surface area (TPSA) is 45.5 Å². The van der Waals surface area contributed by atoms with E-state index in [4.69, 9.17) is 4.42 Å². The lowest BCUT2D eigenvalue weighted by atomic mass is 10.0. The number of amides is 1. The van der Waals surface area contributed by atoms with Gasteiger partial charge in [0.15, 0.2) is 0 Å². The molecule has 4 nitrogen and oxygen atoms in total. The molecule has 2 atom stereocenters. The van der Waals surface area contributed by atoms with Crippen LogP contribution in [0, 0.1) is 0 Å². The molecule has 0 saturated heterocycles. The molecule has 0 saturated carbocycles. The van der Waals surface area contributed by atoms with Crippen LogP contribution >= 0.6 is 0 Å². The molecule has 0 aliphatic rings. The zero-order valence-corrected chi connectivity index (χ0v) is 12.0. The van der Waals surface area contributed by atoms with Crippen molar-refractivity contribution in [3.63, 3.8) is 0 Å². The molecule has 1 N–H and O–H groups in total. The Kier molecular flexibility index (Phi) is 4.58. The third-order valence-electron chi connectivity index (χ3n) is 3.19. The Labute approximate surface area is 119 Å². The normalized spacial score (nSPS) is 13.8. The zero-order valence-electron chi connectivity index (χ0n) is 12.0. The highest BCUT2D eigenvalue weighted by Gasteiger charge is 2.23. The van der Waals surface area contributed by atoms with Crippen LogP contribution < -0.4 is 5.32 Å². The summed E-state index contributed by atoms with van der Waals surface area (Å²) in [5.41, 5.74) is 1.07. The second-order valence-corrected chi connectivity index (χ2v) is 4.98. The predicted octanol–water partition coefficient (Wildman–Crippen LogP) is 2.44. The van der Waals surface area contributed by atoms with E-state index in [9.17, 15) is 4.79 Å². The fourth-order valence-corrected chi connectivity index (χ4v) is 2.15. The molecule has 0 spiro atoms. The van der Waals surface area contributed by atoms with Crippen molar-refractivity contribution in [1.29, 1.82) is 0 Å². The second-order valence-electron chi connectivity index (χ2n) is 4.98. The van der Waals surface area contributed by atoms with Crippen LogP contribution in [0.25, 0.3) is 0 Å². The first-order valence-electron chi connectivity index (χ1n) is 6.65. The number of furan rings is 1. The summed E-state index contributed by atoms with van der Waals surface area (Å²) >= 11 is 0. The number of rotatable bonds is 5. The minimum atomic E-state index is -0.291. The first-order chi connectivity index (χ1) is 9.59. The summed E-state index contributed by atoms with van der Waals surface area (Å²) in [6, 6.07) is 13.3. The van der Waals surface area contributed by atoms with Crippen LogP contribution in [-0.4, -0.2) is 30.9 Å². The first-order valence-corrected chi connectivity index (χ1v) is 6.65. The highest BCUT2D eigenvalue weighted by atomic mass is 16.3. The molecule has 1 amide bonds. The molecule has 1 aromatic heterocycles. The van der Waals surface area contributed by atoms with Gasteiger partial charge in [-0.15, -0.1) is 0 Å². The third-order valence-corrected chi connectivity index (χ3v) is 3.19. The molecule has 0 aliphatic carbocycles. The van der Waals surface area contributed by atoms with E-state index in [2.05, 4.69) is 5.32 Å². The van der Waals surface area contributed by atoms with Crippen molar-refractivity contribution in [2.75, 3.05) is 14.1 Å². The summed E-state index contributed by atoms with van der Waals surface area (Å²) in [5.74, 6) is 0.840. The van der Waals surface area contributed by atoms with Gasteiger partial charge in [-0.2, -0.15) is 0 Å². The van der Waals surface area contributed by atoms with Crippen LogP contribution in [0.3, 0.4) is 0 Å². The van der Waals surface area contributed by atoms with E-state index in [0.717, 1.165) is 11.3 Å². The van der Waals surface area contributed by atoms with Gasteiger partial charge in [0.1, 0.15) is 5.76 Å². The maximum atomic E-state index is 12.0. The Morgan fingerprint density at radius 3 is 2.40 bits per heavy atom. The van der Waals surface area contributed by atoms with Crippen LogP contribution in [0.5, 0.6) is 0 Å². The Morgan fingerprint density at radius 1 is 1.15 bits per heavy atom. The van der Waals surface area contributed by atoms with Crippen LogP contribution in [0.15, 0.2) is 53.1 Å². The molecular weight excluding hydrogens is 252 g/mol. The quantitative estimate of drug-likeness (QED) is 0.909. The van der Waals surface area contributed by atoms with Crippen molar-refractivity contribution in [2.45, 2.75) is 19.0 Å². The SMILES string of the molecule is CC(NC(c1ccccc1)c1ccco1)C(=O)N(C)C. The van der Waals surface area contributed by atoms with E-state index in [0.29, 0.717) is 0 Å². The zero-order chi connectivity index (χ0) is 14.5. The largest absolute Gasteiger partial charge is 0.467 e. The molecule has 0 fully saturated rings. The molecule has 0 radical (unpaired) electrons. The second kappa shape index (κ2) is 6.39. The van der Waals surface area contributed by atoms with Gasteiger partial charge in [0.2, 0.25) is 5.91 Å². The number of carbonyl (C=O) groups excluding carboxylic acids is 1. The molecule has 106 valence electrons. The van der Waals surface area contributed by atoms with E-state index in [-0.39, 0.29) is 18.0 Å². The number of nitrogens with zero attached hydrogens (tertiary/aromatic N) is 1. The summed E-state index contributed by atoms with van der Waals surface area (Å²) in [6.07, 6.45) is 1.64. The van der Waals surface area contributed by atoms with Crippen molar-refractivity contribution in [1.82, 2.24) is 10.2 Å². The average Bonchev–Trinajstić information content (AvgIpc) is 2.98. The lowest BCUT2D eigenvalue weighted by molar-refractivity contribution is -0.130. The summed E-state index contributed by atoms with van der Waals surface area (Å²) < 4.78 is 5.50. The van der Waals surface area contributed by atoms with Gasteiger partial charge in [0, 0.05) is 14.1 Å². The maximum Gasteiger partial charge on any atom is 0.238 e. The van der Waals surface area contributed by atoms with Crippen molar-refractivity contribution in [2.24, 2.45) is 0 Å². The molecule has 20 heavy (non-hydrogen) atoms. The highest BCUT2D eigenvalue weighted by Crippen LogP contribution is 2.23. The monoisotopic (exact) mass is 272 g/mol. The molecule has 0 bridgehead atoms.